The number of hydrogen-bond donors (Lipinski definition) is 4. The fourth-order valence-electron chi connectivity index (χ4n) is 3.74. The van der Waals surface area contributed by atoms with Crippen LogP contribution < -0.4 is 11.1 Å². The third kappa shape index (κ3) is 7.12. The minimum atomic E-state index is -4.49. The number of aryl methyl sites for hydroxylation is 1. The summed E-state index contributed by atoms with van der Waals surface area (Å²) in [4.78, 5) is 37.2. The Morgan fingerprint density at radius 1 is 1.29 bits per heavy atom. The number of benzene rings is 1. The highest BCUT2D eigenvalue weighted by Crippen LogP contribution is 2.54. The Hall–Kier alpha value is -1.77. The molecular formula is C21H36N3O6P. The lowest BCUT2D eigenvalue weighted by molar-refractivity contribution is -0.160. The van der Waals surface area contributed by atoms with Gasteiger partial charge in [-0.05, 0) is 17.9 Å². The molecule has 1 heterocycles. The van der Waals surface area contributed by atoms with Crippen molar-refractivity contribution < 1.29 is 30.1 Å². The molecule has 1 aliphatic rings. The van der Waals surface area contributed by atoms with E-state index in [0.29, 0.717) is 32.6 Å². The van der Waals surface area contributed by atoms with Gasteiger partial charge in [-0.1, -0.05) is 44.2 Å². The number of carbonyl (C=O) groups is 2. The number of carboxylic acid groups (broad SMARTS) is 1. The first-order valence-electron chi connectivity index (χ1n) is 10.6. The first kappa shape index (κ1) is 25.5. The molecule has 2 rings (SSSR count). The summed E-state index contributed by atoms with van der Waals surface area (Å²) in [6, 6.07) is 9.45. The average Bonchev–Trinajstić information content (AvgIpc) is 2.72. The number of carbonyl (C=O) groups excluding carboxylic acids is 1. The second-order valence-corrected chi connectivity index (χ2v) is 10.2. The van der Waals surface area contributed by atoms with Crippen molar-refractivity contribution in [1.82, 2.24) is 10.2 Å². The van der Waals surface area contributed by atoms with E-state index in [9.17, 15) is 24.2 Å². The van der Waals surface area contributed by atoms with Crippen molar-refractivity contribution in [3.8, 4) is 0 Å². The van der Waals surface area contributed by atoms with Crippen molar-refractivity contribution in [1.29, 1.82) is 0 Å². The van der Waals surface area contributed by atoms with E-state index < -0.39 is 30.9 Å². The molecule has 10 heteroatoms. The largest absolute Gasteiger partial charge is 0.479 e. The molecule has 0 aliphatic carbocycles. The Kier molecular flexibility index (Phi) is 9.21. The molecule has 0 spiro atoms. The number of hydrogen-bond acceptors (Lipinski definition) is 6. The van der Waals surface area contributed by atoms with Crippen LogP contribution in [0.3, 0.4) is 0 Å². The highest BCUT2D eigenvalue weighted by molar-refractivity contribution is 7.53. The summed E-state index contributed by atoms with van der Waals surface area (Å²) in [6.45, 7) is 5.25. The number of carboxylic acids is 1. The summed E-state index contributed by atoms with van der Waals surface area (Å²) >= 11 is 0. The number of rotatable bonds is 11. The van der Waals surface area contributed by atoms with Crippen LogP contribution in [0.25, 0.3) is 0 Å². The van der Waals surface area contributed by atoms with Gasteiger partial charge in [0, 0.05) is 46.9 Å². The van der Waals surface area contributed by atoms with Gasteiger partial charge in [-0.2, -0.15) is 0 Å². The van der Waals surface area contributed by atoms with Gasteiger partial charge in [0.1, 0.15) is 5.78 Å². The minimum Gasteiger partial charge on any atom is -0.479 e. The Morgan fingerprint density at radius 2 is 1.90 bits per heavy atom. The molecule has 0 radical (unpaired) electrons. The maximum atomic E-state index is 13.2. The molecule has 1 aromatic carbocycles. The Balaban J connectivity index is 0.00000512. The van der Waals surface area contributed by atoms with Crippen molar-refractivity contribution in [3.63, 3.8) is 0 Å². The monoisotopic (exact) mass is 457 g/mol. The second kappa shape index (κ2) is 11.2. The molecule has 0 saturated carbocycles. The number of nitrogens with zero attached hydrogens (tertiary/aromatic N) is 1. The molecule has 1 saturated heterocycles. The molecule has 0 aromatic heterocycles. The van der Waals surface area contributed by atoms with Gasteiger partial charge in [0.2, 0.25) is 5.91 Å². The summed E-state index contributed by atoms with van der Waals surface area (Å²) in [5.41, 5.74) is 4.77. The third-order valence-corrected chi connectivity index (χ3v) is 7.62. The molecule has 1 fully saturated rings. The van der Waals surface area contributed by atoms with Gasteiger partial charge in [-0.15, -0.1) is 0 Å². The molecule has 2 unspecified atom stereocenters. The second-order valence-electron chi connectivity index (χ2n) is 8.33. The molecule has 31 heavy (non-hydrogen) atoms. The first-order chi connectivity index (χ1) is 14.6. The van der Waals surface area contributed by atoms with Gasteiger partial charge in [0.15, 0.2) is 5.60 Å². The predicted octanol–water partition coefficient (Wildman–Crippen LogP) is 2.04. The molecule has 1 amide bonds. The number of nitrogens with two attached hydrogens (primary N) is 1. The zero-order valence-corrected chi connectivity index (χ0v) is 19.1. The fourth-order valence-corrected chi connectivity index (χ4v) is 5.67. The smallest absolute Gasteiger partial charge is 0.351 e. The lowest BCUT2D eigenvalue weighted by Crippen LogP contribution is -2.52. The minimum absolute atomic E-state index is 0. The Labute approximate surface area is 185 Å². The fraction of sp³-hybridized carbons (Fsp3) is 0.619. The first-order valence-corrected chi connectivity index (χ1v) is 12.3. The summed E-state index contributed by atoms with van der Waals surface area (Å²) < 4.78 is 18.7. The molecule has 9 nitrogen and oxygen atoms in total. The van der Waals surface area contributed by atoms with E-state index in [1.807, 2.05) is 35.2 Å². The third-order valence-electron chi connectivity index (χ3n) is 5.58. The number of likely N-dealkylation sites (tertiary alicyclic amines) is 1. The molecular weight excluding hydrogens is 421 g/mol. The maximum Gasteiger partial charge on any atom is 0.351 e. The molecule has 1 aliphatic heterocycles. The van der Waals surface area contributed by atoms with Gasteiger partial charge in [-0.25, -0.2) is 4.79 Å². The van der Waals surface area contributed by atoms with Gasteiger partial charge in [0.05, 0.1) is 0 Å². The average molecular weight is 458 g/mol. The van der Waals surface area contributed by atoms with Crippen LogP contribution in [0.4, 0.5) is 0 Å². The topological polar surface area (TPSA) is 142 Å². The lowest BCUT2D eigenvalue weighted by atomic mass is 9.92. The van der Waals surface area contributed by atoms with E-state index >= 15 is 0 Å². The lowest BCUT2D eigenvalue weighted by Gasteiger charge is -2.40. The van der Waals surface area contributed by atoms with E-state index in [1.54, 1.807) is 13.8 Å². The standard InChI is InChI=1S/C21H34N3O6P.H2/c1-16(2)19(23-18(25)9-8-17-6-4-3-5-7-17)31(28,29)30-21(20(26)27)10-13-24(14-11-21)15-12-22;/h3-7,16,19H,8-15,22H2,1-2H3,(H,23,25)(H,26,27)(H,28,29);1H. The SMILES string of the molecule is CC(C)C(NC(=O)CCc1ccccc1)P(=O)(O)OC1(C(=O)O)CCN(CCN)CC1.[HH]. The van der Waals surface area contributed by atoms with Crippen molar-refractivity contribution in [2.75, 3.05) is 26.2 Å². The Morgan fingerprint density at radius 3 is 2.42 bits per heavy atom. The molecule has 5 N–H and O–H groups in total. The zero-order valence-electron chi connectivity index (χ0n) is 18.2. The highest BCUT2D eigenvalue weighted by atomic mass is 31.2. The number of piperidine rings is 1. The highest BCUT2D eigenvalue weighted by Gasteiger charge is 2.50. The van der Waals surface area contributed by atoms with Crippen molar-refractivity contribution in [2.24, 2.45) is 11.7 Å². The quantitative estimate of drug-likeness (QED) is 0.370. The van der Waals surface area contributed by atoms with Gasteiger partial charge in [0.25, 0.3) is 0 Å². The zero-order chi connectivity index (χ0) is 23.1. The predicted molar refractivity (Wildman–Crippen MR) is 120 cm³/mol. The summed E-state index contributed by atoms with van der Waals surface area (Å²) in [7, 11) is -4.49. The van der Waals surface area contributed by atoms with Gasteiger partial charge in [-0.3, -0.25) is 13.9 Å². The normalized spacial score (nSPS) is 19.5. The summed E-state index contributed by atoms with van der Waals surface area (Å²) in [6.07, 6.45) is 0.773. The van der Waals surface area contributed by atoms with E-state index in [2.05, 4.69) is 5.32 Å². The van der Waals surface area contributed by atoms with E-state index in [4.69, 9.17) is 10.3 Å². The van der Waals surface area contributed by atoms with Crippen LogP contribution >= 0.6 is 7.60 Å². The van der Waals surface area contributed by atoms with Crippen LogP contribution in [-0.2, 0) is 25.1 Å². The molecule has 1 aromatic rings. The molecule has 2 atom stereocenters. The van der Waals surface area contributed by atoms with Crippen LogP contribution in [0.1, 0.15) is 40.1 Å². The van der Waals surface area contributed by atoms with Gasteiger partial charge >= 0.3 is 13.6 Å². The van der Waals surface area contributed by atoms with Crippen LogP contribution in [0.15, 0.2) is 30.3 Å². The van der Waals surface area contributed by atoms with Gasteiger partial charge < -0.3 is 26.0 Å². The number of aliphatic carboxylic acids is 1. The van der Waals surface area contributed by atoms with E-state index in [1.165, 1.54) is 0 Å². The Bertz CT molecular complexity index is 787. The van der Waals surface area contributed by atoms with Crippen LogP contribution in [0, 0.1) is 5.92 Å². The number of nitrogens with one attached hydrogen (secondary N) is 1. The summed E-state index contributed by atoms with van der Waals surface area (Å²) in [5.74, 6) is -3.29. The maximum absolute atomic E-state index is 13.2. The van der Waals surface area contributed by atoms with E-state index in [-0.39, 0.29) is 26.6 Å². The number of amides is 1. The van der Waals surface area contributed by atoms with Crippen LogP contribution in [0.2, 0.25) is 0 Å². The van der Waals surface area contributed by atoms with Crippen molar-refractivity contribution in [3.05, 3.63) is 35.9 Å². The molecule has 0 bridgehead atoms. The van der Waals surface area contributed by atoms with Crippen molar-refractivity contribution >= 4 is 19.5 Å². The summed E-state index contributed by atoms with van der Waals surface area (Å²) in [5, 5.41) is 12.4. The molecule has 176 valence electrons. The van der Waals surface area contributed by atoms with Crippen LogP contribution in [-0.4, -0.2) is 64.3 Å². The van der Waals surface area contributed by atoms with E-state index in [0.717, 1.165) is 5.56 Å². The van der Waals surface area contributed by atoms with Crippen molar-refractivity contribution in [2.45, 2.75) is 50.9 Å². The van der Waals surface area contributed by atoms with Crippen LogP contribution in [0.5, 0.6) is 0 Å².